The Labute approximate surface area is 153 Å². The van der Waals surface area contributed by atoms with E-state index in [2.05, 4.69) is 22.4 Å². The molecule has 1 atom stereocenters. The zero-order valence-electron chi connectivity index (χ0n) is 14.6. The van der Waals surface area contributed by atoms with Crippen molar-refractivity contribution in [1.29, 1.82) is 0 Å². The lowest BCUT2D eigenvalue weighted by atomic mass is 10.1. The molecule has 0 N–H and O–H groups in total. The molecule has 0 spiro atoms. The summed E-state index contributed by atoms with van der Waals surface area (Å²) in [5.41, 5.74) is 3.44. The Hall–Kier alpha value is -1.72. The minimum Gasteiger partial charge on any atom is -0.334 e. The summed E-state index contributed by atoms with van der Waals surface area (Å²) in [5.74, 6) is 0.226. The van der Waals surface area contributed by atoms with Gasteiger partial charge in [-0.25, -0.2) is 0 Å². The van der Waals surface area contributed by atoms with Crippen LogP contribution in [0.25, 0.3) is 0 Å². The van der Waals surface area contributed by atoms with Crippen molar-refractivity contribution in [2.24, 2.45) is 0 Å². The standard InChI is InChI=1S/C20H25N3OS/c24-20(12-16-7-11-25-15-16)23-10-3-4-19(23)18-6-5-17(13-21-18)14-22-8-1-2-9-22/h5-7,11,13,15,19H,1-4,8-10,12,14H2/t19-/m0/s1. The van der Waals surface area contributed by atoms with Gasteiger partial charge in [-0.2, -0.15) is 11.3 Å². The molecule has 2 aromatic heterocycles. The smallest absolute Gasteiger partial charge is 0.227 e. The molecule has 25 heavy (non-hydrogen) atoms. The van der Waals surface area contributed by atoms with E-state index >= 15 is 0 Å². The summed E-state index contributed by atoms with van der Waals surface area (Å²) >= 11 is 1.65. The first-order valence-electron chi connectivity index (χ1n) is 9.27. The molecule has 4 rings (SSSR count). The first kappa shape index (κ1) is 16.7. The maximum Gasteiger partial charge on any atom is 0.227 e. The molecular formula is C20H25N3OS. The number of hydrogen-bond donors (Lipinski definition) is 0. The fourth-order valence-corrected chi connectivity index (χ4v) is 4.64. The van der Waals surface area contributed by atoms with Gasteiger partial charge in [0.05, 0.1) is 18.2 Å². The molecule has 2 saturated heterocycles. The van der Waals surface area contributed by atoms with E-state index in [-0.39, 0.29) is 11.9 Å². The van der Waals surface area contributed by atoms with E-state index in [0.29, 0.717) is 6.42 Å². The van der Waals surface area contributed by atoms with Crippen molar-refractivity contribution in [3.05, 3.63) is 52.0 Å². The van der Waals surface area contributed by atoms with E-state index in [1.807, 2.05) is 22.5 Å². The van der Waals surface area contributed by atoms with E-state index in [0.717, 1.165) is 37.2 Å². The van der Waals surface area contributed by atoms with Crippen molar-refractivity contribution in [3.8, 4) is 0 Å². The van der Waals surface area contributed by atoms with Gasteiger partial charge in [-0.05, 0) is 72.8 Å². The van der Waals surface area contributed by atoms with Crippen molar-refractivity contribution in [3.63, 3.8) is 0 Å². The van der Waals surface area contributed by atoms with E-state index < -0.39 is 0 Å². The quantitative estimate of drug-likeness (QED) is 0.821. The lowest BCUT2D eigenvalue weighted by Crippen LogP contribution is -2.32. The third-order valence-corrected chi connectivity index (χ3v) is 6.03. The molecule has 2 fully saturated rings. The molecule has 0 bridgehead atoms. The Morgan fingerprint density at radius 3 is 2.72 bits per heavy atom. The SMILES string of the molecule is O=C(Cc1ccsc1)N1CCC[C@H]1c1ccc(CN2CCCC2)cn1. The molecule has 0 aromatic carbocycles. The number of hydrogen-bond acceptors (Lipinski definition) is 4. The lowest BCUT2D eigenvalue weighted by molar-refractivity contribution is -0.131. The summed E-state index contributed by atoms with van der Waals surface area (Å²) in [5, 5.41) is 4.10. The second-order valence-electron chi connectivity index (χ2n) is 7.13. The van der Waals surface area contributed by atoms with Gasteiger partial charge in [-0.1, -0.05) is 6.07 Å². The van der Waals surface area contributed by atoms with Gasteiger partial charge in [0.1, 0.15) is 0 Å². The van der Waals surface area contributed by atoms with Gasteiger partial charge in [-0.15, -0.1) is 0 Å². The summed E-state index contributed by atoms with van der Waals surface area (Å²) in [6, 6.07) is 6.51. The summed E-state index contributed by atoms with van der Waals surface area (Å²) in [6.45, 7) is 4.26. The van der Waals surface area contributed by atoms with E-state index in [1.165, 1.54) is 31.5 Å². The van der Waals surface area contributed by atoms with Crippen LogP contribution in [0.3, 0.4) is 0 Å². The monoisotopic (exact) mass is 355 g/mol. The van der Waals surface area contributed by atoms with Crippen LogP contribution < -0.4 is 0 Å². The third kappa shape index (κ3) is 3.93. The first-order valence-corrected chi connectivity index (χ1v) is 10.2. The molecule has 2 aromatic rings. The summed E-state index contributed by atoms with van der Waals surface area (Å²) in [6.07, 6.45) is 7.23. The van der Waals surface area contributed by atoms with Crippen LogP contribution in [0.5, 0.6) is 0 Å². The Balaban J connectivity index is 1.41. The van der Waals surface area contributed by atoms with Crippen LogP contribution in [0.4, 0.5) is 0 Å². The van der Waals surface area contributed by atoms with E-state index in [1.54, 1.807) is 11.3 Å². The molecule has 4 heterocycles. The largest absolute Gasteiger partial charge is 0.334 e. The summed E-state index contributed by atoms with van der Waals surface area (Å²) in [4.78, 5) is 21.9. The van der Waals surface area contributed by atoms with Crippen LogP contribution in [0, 0.1) is 0 Å². The van der Waals surface area contributed by atoms with Crippen LogP contribution in [0.1, 0.15) is 48.5 Å². The maximum atomic E-state index is 12.7. The zero-order valence-corrected chi connectivity index (χ0v) is 15.4. The van der Waals surface area contributed by atoms with Crippen molar-refractivity contribution in [2.45, 2.75) is 44.7 Å². The summed E-state index contributed by atoms with van der Waals surface area (Å²) < 4.78 is 0. The first-order chi connectivity index (χ1) is 12.3. The molecule has 0 saturated carbocycles. The third-order valence-electron chi connectivity index (χ3n) is 5.30. The van der Waals surface area contributed by atoms with Gasteiger partial charge in [0, 0.05) is 19.3 Å². The number of amides is 1. The number of carbonyl (C=O) groups is 1. The predicted octanol–water partition coefficient (Wildman–Crippen LogP) is 3.65. The van der Waals surface area contributed by atoms with Crippen LogP contribution >= 0.6 is 11.3 Å². The predicted molar refractivity (Wildman–Crippen MR) is 100 cm³/mol. The molecule has 2 aliphatic rings. The highest BCUT2D eigenvalue weighted by Gasteiger charge is 2.30. The molecule has 0 aliphatic carbocycles. The highest BCUT2D eigenvalue weighted by atomic mass is 32.1. The second-order valence-corrected chi connectivity index (χ2v) is 7.91. The normalized spacial score (nSPS) is 21.1. The van der Waals surface area contributed by atoms with E-state index in [4.69, 9.17) is 4.98 Å². The van der Waals surface area contributed by atoms with E-state index in [9.17, 15) is 4.79 Å². The van der Waals surface area contributed by atoms with Crippen LogP contribution in [0.15, 0.2) is 35.2 Å². The Bertz CT molecular complexity index is 692. The zero-order chi connectivity index (χ0) is 17.1. The second kappa shape index (κ2) is 7.67. The van der Waals surface area contributed by atoms with Gasteiger partial charge in [0.25, 0.3) is 0 Å². The van der Waals surface area contributed by atoms with Gasteiger partial charge in [0.2, 0.25) is 5.91 Å². The molecule has 0 unspecified atom stereocenters. The Morgan fingerprint density at radius 2 is 2.00 bits per heavy atom. The summed E-state index contributed by atoms with van der Waals surface area (Å²) in [7, 11) is 0. The van der Waals surface area contributed by atoms with Gasteiger partial charge in [0.15, 0.2) is 0 Å². The number of rotatable bonds is 5. The number of likely N-dealkylation sites (tertiary alicyclic amines) is 2. The van der Waals surface area contributed by atoms with Crippen molar-refractivity contribution in [1.82, 2.24) is 14.8 Å². The average Bonchev–Trinajstić information content (AvgIpc) is 3.38. The number of pyridine rings is 1. The van der Waals surface area contributed by atoms with Crippen LogP contribution in [-0.4, -0.2) is 40.3 Å². The lowest BCUT2D eigenvalue weighted by Gasteiger charge is -2.24. The van der Waals surface area contributed by atoms with Gasteiger partial charge >= 0.3 is 0 Å². The molecule has 0 radical (unpaired) electrons. The number of carbonyl (C=O) groups excluding carboxylic acids is 1. The van der Waals surface area contributed by atoms with Crippen molar-refractivity contribution >= 4 is 17.2 Å². The molecule has 4 nitrogen and oxygen atoms in total. The molecule has 1 amide bonds. The topological polar surface area (TPSA) is 36.4 Å². The van der Waals surface area contributed by atoms with Crippen LogP contribution in [-0.2, 0) is 17.8 Å². The average molecular weight is 356 g/mol. The highest BCUT2D eigenvalue weighted by Crippen LogP contribution is 2.31. The fraction of sp³-hybridized carbons (Fsp3) is 0.500. The number of aromatic nitrogens is 1. The van der Waals surface area contributed by atoms with Crippen molar-refractivity contribution in [2.75, 3.05) is 19.6 Å². The highest BCUT2D eigenvalue weighted by molar-refractivity contribution is 7.08. The van der Waals surface area contributed by atoms with Crippen molar-refractivity contribution < 1.29 is 4.79 Å². The minimum atomic E-state index is 0.145. The van der Waals surface area contributed by atoms with Gasteiger partial charge < -0.3 is 4.90 Å². The molecule has 132 valence electrons. The molecular weight excluding hydrogens is 330 g/mol. The fourth-order valence-electron chi connectivity index (χ4n) is 3.97. The number of thiophene rings is 1. The maximum absolute atomic E-state index is 12.7. The minimum absolute atomic E-state index is 0.145. The van der Waals surface area contributed by atoms with Crippen LogP contribution in [0.2, 0.25) is 0 Å². The Kier molecular flexibility index (Phi) is 5.13. The van der Waals surface area contributed by atoms with Gasteiger partial charge in [-0.3, -0.25) is 14.7 Å². The Morgan fingerprint density at radius 1 is 1.12 bits per heavy atom. The molecule has 5 heteroatoms. The number of nitrogens with zero attached hydrogens (tertiary/aromatic N) is 3. The molecule has 2 aliphatic heterocycles.